The molecule has 0 aromatic carbocycles. The Bertz CT molecular complexity index is 266. The summed E-state index contributed by atoms with van der Waals surface area (Å²) in [5.74, 6) is -0.720. The SMILES string of the molecule is C=CC(=O)OC#N.c1cnnnc1. The highest BCUT2D eigenvalue weighted by Gasteiger charge is 1.87. The molecule has 1 aromatic rings. The third-order valence-corrected chi connectivity index (χ3v) is 0.722. The van der Waals surface area contributed by atoms with Crippen molar-refractivity contribution in [2.75, 3.05) is 0 Å². The van der Waals surface area contributed by atoms with Crippen molar-refractivity contribution < 1.29 is 9.53 Å². The zero-order valence-corrected chi connectivity index (χ0v) is 6.62. The number of aromatic nitrogens is 3. The molecule has 13 heavy (non-hydrogen) atoms. The standard InChI is InChI=1S/C4H3NO2.C3H3N3/c1-2-4(6)7-3-5;1-2-4-6-5-3-1/h2H,1H2;1-3H. The van der Waals surface area contributed by atoms with Gasteiger partial charge >= 0.3 is 5.97 Å². The number of nitrogens with zero attached hydrogens (tertiary/aromatic N) is 4. The second-order valence-corrected chi connectivity index (χ2v) is 1.53. The lowest BCUT2D eigenvalue weighted by Gasteiger charge is -1.77. The Hall–Kier alpha value is -2.29. The molecule has 0 saturated heterocycles. The normalized spacial score (nSPS) is 7.00. The van der Waals surface area contributed by atoms with Crippen LogP contribution in [0.3, 0.4) is 0 Å². The lowest BCUT2D eigenvalue weighted by Crippen LogP contribution is -1.91. The van der Waals surface area contributed by atoms with E-state index < -0.39 is 5.97 Å². The first-order chi connectivity index (χ1) is 6.31. The predicted molar refractivity (Wildman–Crippen MR) is 41.7 cm³/mol. The molecule has 66 valence electrons. The van der Waals surface area contributed by atoms with Crippen LogP contribution in [0.15, 0.2) is 31.1 Å². The minimum atomic E-state index is -0.720. The Morgan fingerprint density at radius 1 is 1.54 bits per heavy atom. The van der Waals surface area contributed by atoms with E-state index in [0.717, 1.165) is 6.08 Å². The lowest BCUT2D eigenvalue weighted by atomic mass is 10.7. The van der Waals surface area contributed by atoms with Crippen LogP contribution in [0.2, 0.25) is 0 Å². The highest BCUT2D eigenvalue weighted by molar-refractivity contribution is 5.81. The van der Waals surface area contributed by atoms with Gasteiger partial charge in [-0.2, -0.15) is 0 Å². The molecule has 0 aliphatic carbocycles. The molecule has 0 amide bonds. The van der Waals surface area contributed by atoms with Crippen LogP contribution < -0.4 is 0 Å². The molecule has 6 heteroatoms. The molecule has 0 saturated carbocycles. The van der Waals surface area contributed by atoms with Crippen LogP contribution in [0, 0.1) is 11.5 Å². The van der Waals surface area contributed by atoms with Gasteiger partial charge in [0.05, 0.1) is 12.4 Å². The van der Waals surface area contributed by atoms with E-state index in [1.165, 1.54) is 6.26 Å². The summed E-state index contributed by atoms with van der Waals surface area (Å²) in [5.41, 5.74) is 0. The Morgan fingerprint density at radius 2 is 2.15 bits per heavy atom. The van der Waals surface area contributed by atoms with E-state index in [0.29, 0.717) is 0 Å². The van der Waals surface area contributed by atoms with Crippen molar-refractivity contribution in [3.8, 4) is 6.26 Å². The summed E-state index contributed by atoms with van der Waals surface area (Å²) < 4.78 is 3.74. The minimum absolute atomic E-state index is 0.720. The van der Waals surface area contributed by atoms with Crippen molar-refractivity contribution in [1.82, 2.24) is 15.4 Å². The van der Waals surface area contributed by atoms with E-state index in [1.54, 1.807) is 18.5 Å². The molecule has 1 aromatic heterocycles. The molecule has 0 bridgehead atoms. The van der Waals surface area contributed by atoms with E-state index in [1.807, 2.05) is 0 Å². The van der Waals surface area contributed by atoms with Gasteiger partial charge in [0.15, 0.2) is 0 Å². The maximum Gasteiger partial charge on any atom is 0.345 e. The van der Waals surface area contributed by atoms with Gasteiger partial charge in [0.25, 0.3) is 6.26 Å². The van der Waals surface area contributed by atoms with Gasteiger partial charge in [0, 0.05) is 6.08 Å². The quantitative estimate of drug-likeness (QED) is 0.343. The number of nitriles is 1. The van der Waals surface area contributed by atoms with E-state index in [4.69, 9.17) is 5.26 Å². The topological polar surface area (TPSA) is 88.8 Å². The first kappa shape index (κ1) is 10.7. The Labute approximate surface area is 74.5 Å². The van der Waals surface area contributed by atoms with Crippen molar-refractivity contribution in [3.05, 3.63) is 31.1 Å². The fraction of sp³-hybridized carbons (Fsp3) is 0. The maximum absolute atomic E-state index is 9.85. The third-order valence-electron chi connectivity index (χ3n) is 0.722. The molecule has 1 heterocycles. The van der Waals surface area contributed by atoms with E-state index in [9.17, 15) is 4.79 Å². The maximum atomic E-state index is 9.85. The summed E-state index contributed by atoms with van der Waals surface area (Å²) in [6, 6.07) is 1.72. The molecule has 0 atom stereocenters. The van der Waals surface area contributed by atoms with Gasteiger partial charge in [-0.3, -0.25) is 0 Å². The van der Waals surface area contributed by atoms with Gasteiger partial charge in [-0.25, -0.2) is 4.79 Å². The first-order valence-corrected chi connectivity index (χ1v) is 3.12. The molecule has 0 spiro atoms. The number of carbonyl (C=O) groups excluding carboxylic acids is 1. The van der Waals surface area contributed by atoms with Crippen LogP contribution in [-0.4, -0.2) is 21.4 Å². The highest BCUT2D eigenvalue weighted by atomic mass is 16.5. The fourth-order valence-corrected chi connectivity index (χ4v) is 0.292. The van der Waals surface area contributed by atoms with Crippen molar-refractivity contribution >= 4 is 5.97 Å². The molecule has 0 N–H and O–H groups in total. The third kappa shape index (κ3) is 7.61. The van der Waals surface area contributed by atoms with Crippen molar-refractivity contribution in [2.45, 2.75) is 0 Å². The Balaban J connectivity index is 0.000000223. The van der Waals surface area contributed by atoms with Crippen molar-refractivity contribution in [1.29, 1.82) is 5.26 Å². The zero-order valence-electron chi connectivity index (χ0n) is 6.62. The van der Waals surface area contributed by atoms with Crippen LogP contribution in [0.25, 0.3) is 0 Å². The monoisotopic (exact) mass is 178 g/mol. The Kier molecular flexibility index (Phi) is 6.44. The molecule has 6 nitrogen and oxygen atoms in total. The number of hydrogen-bond donors (Lipinski definition) is 0. The van der Waals surface area contributed by atoms with Crippen LogP contribution >= 0.6 is 0 Å². The average Bonchev–Trinajstić information content (AvgIpc) is 2.22. The number of esters is 1. The molecule has 0 aliphatic rings. The molecule has 0 aliphatic heterocycles. The van der Waals surface area contributed by atoms with Crippen LogP contribution in [-0.2, 0) is 9.53 Å². The van der Waals surface area contributed by atoms with Crippen molar-refractivity contribution in [2.24, 2.45) is 0 Å². The number of rotatable bonds is 1. The summed E-state index contributed by atoms with van der Waals surface area (Å²) in [6.45, 7) is 3.05. The predicted octanol–water partition coefficient (Wildman–Crippen LogP) is 0.0683. The van der Waals surface area contributed by atoms with Gasteiger partial charge in [0.1, 0.15) is 0 Å². The first-order valence-electron chi connectivity index (χ1n) is 3.12. The van der Waals surface area contributed by atoms with Gasteiger partial charge in [-0.05, 0) is 11.3 Å². The highest BCUT2D eigenvalue weighted by Crippen LogP contribution is 1.71. The van der Waals surface area contributed by atoms with Gasteiger partial charge in [-0.1, -0.05) is 6.58 Å². The molecule has 0 fully saturated rings. The van der Waals surface area contributed by atoms with Gasteiger partial charge in [0.2, 0.25) is 0 Å². The fourth-order valence-electron chi connectivity index (χ4n) is 0.292. The lowest BCUT2D eigenvalue weighted by molar-refractivity contribution is -0.131. The molecule has 0 radical (unpaired) electrons. The van der Waals surface area contributed by atoms with E-state index in [-0.39, 0.29) is 0 Å². The zero-order chi connectivity index (χ0) is 9.94. The second kappa shape index (κ2) is 7.81. The van der Waals surface area contributed by atoms with E-state index in [2.05, 4.69) is 26.7 Å². The van der Waals surface area contributed by atoms with Gasteiger partial charge < -0.3 is 4.74 Å². The molecule has 1 rings (SSSR count). The van der Waals surface area contributed by atoms with Gasteiger partial charge in [-0.15, -0.1) is 15.5 Å². The molecule has 0 unspecified atom stereocenters. The van der Waals surface area contributed by atoms with Crippen LogP contribution in [0.1, 0.15) is 0 Å². The molecular formula is C7H6N4O2. The number of hydrogen-bond acceptors (Lipinski definition) is 6. The summed E-state index contributed by atoms with van der Waals surface area (Å²) in [7, 11) is 0. The summed E-state index contributed by atoms with van der Waals surface area (Å²) >= 11 is 0. The van der Waals surface area contributed by atoms with Crippen LogP contribution in [0.4, 0.5) is 0 Å². The number of carbonyl (C=O) groups is 1. The average molecular weight is 178 g/mol. The molecular weight excluding hydrogens is 172 g/mol. The smallest absolute Gasteiger partial charge is 0.345 e. The summed E-state index contributed by atoms with van der Waals surface area (Å²) in [5, 5.41) is 17.8. The Morgan fingerprint density at radius 3 is 2.31 bits per heavy atom. The van der Waals surface area contributed by atoms with Crippen molar-refractivity contribution in [3.63, 3.8) is 0 Å². The minimum Gasteiger partial charge on any atom is -0.347 e. The van der Waals surface area contributed by atoms with E-state index >= 15 is 0 Å². The second-order valence-electron chi connectivity index (χ2n) is 1.53. The van der Waals surface area contributed by atoms with Crippen LogP contribution in [0.5, 0.6) is 0 Å². The summed E-state index contributed by atoms with van der Waals surface area (Å²) in [4.78, 5) is 9.85. The summed E-state index contributed by atoms with van der Waals surface area (Å²) in [6.07, 6.45) is 5.27. The largest absolute Gasteiger partial charge is 0.347 e. The number of ether oxygens (including phenoxy) is 1.